The number of alkyl halides is 3. The average Bonchev–Trinajstić information content (AvgIpc) is 2.76. The van der Waals surface area contributed by atoms with Gasteiger partial charge in [0.25, 0.3) is 5.91 Å². The molecule has 1 amide bonds. The van der Waals surface area contributed by atoms with E-state index in [0.717, 1.165) is 10.2 Å². The van der Waals surface area contributed by atoms with Crippen LogP contribution in [0.3, 0.4) is 0 Å². The number of aromatic nitrogens is 1. The molecule has 1 aromatic carbocycles. The van der Waals surface area contributed by atoms with Crippen molar-refractivity contribution in [3.63, 3.8) is 0 Å². The minimum absolute atomic E-state index is 0.332. The van der Waals surface area contributed by atoms with E-state index in [1.54, 1.807) is 6.07 Å². The van der Waals surface area contributed by atoms with Crippen LogP contribution in [0.25, 0.3) is 10.2 Å². The number of anilines is 1. The number of carbonyl (C=O) groups excluding carboxylic acids is 1. The molecule has 0 fully saturated rings. The van der Waals surface area contributed by atoms with E-state index in [-0.39, 0.29) is 0 Å². The van der Waals surface area contributed by atoms with Crippen LogP contribution in [0.1, 0.15) is 6.92 Å². The third-order valence-electron chi connectivity index (χ3n) is 2.39. The number of hydrogen-bond acceptors (Lipinski definition) is 4. The van der Waals surface area contributed by atoms with Crippen LogP contribution in [0, 0.1) is 0 Å². The van der Waals surface area contributed by atoms with Crippen molar-refractivity contribution in [3.8, 4) is 0 Å². The quantitative estimate of drug-likeness (QED) is 0.943. The van der Waals surface area contributed by atoms with Crippen molar-refractivity contribution in [2.45, 2.75) is 19.2 Å². The van der Waals surface area contributed by atoms with Gasteiger partial charge in [-0.05, 0) is 19.1 Å². The number of benzene rings is 1. The molecule has 2 rings (SSSR count). The lowest BCUT2D eigenvalue weighted by atomic mass is 10.3. The van der Waals surface area contributed by atoms with Gasteiger partial charge in [-0.25, -0.2) is 4.98 Å². The second kappa shape index (κ2) is 5.76. The molecular formula is C12H11F3N2O2S. The van der Waals surface area contributed by atoms with Gasteiger partial charge in [0, 0.05) is 0 Å². The molecular weight excluding hydrogens is 293 g/mol. The number of fused-ring (bicyclic) bond motifs is 1. The first kappa shape index (κ1) is 14.7. The van der Waals surface area contributed by atoms with E-state index in [9.17, 15) is 18.0 Å². The van der Waals surface area contributed by atoms with Gasteiger partial charge in [0.2, 0.25) is 0 Å². The molecule has 1 heterocycles. The van der Waals surface area contributed by atoms with Gasteiger partial charge in [0.1, 0.15) is 12.7 Å². The topological polar surface area (TPSA) is 51.2 Å². The molecule has 0 saturated heterocycles. The third kappa shape index (κ3) is 3.91. The van der Waals surface area contributed by atoms with Crippen LogP contribution in [0.4, 0.5) is 18.3 Å². The Morgan fingerprint density at radius 1 is 1.45 bits per heavy atom. The highest BCUT2D eigenvalue weighted by Crippen LogP contribution is 2.25. The fourth-order valence-electron chi connectivity index (χ4n) is 1.43. The number of nitrogens with one attached hydrogen (secondary N) is 1. The molecule has 0 spiro atoms. The number of para-hydroxylation sites is 1. The van der Waals surface area contributed by atoms with Gasteiger partial charge in [0.05, 0.1) is 10.2 Å². The number of thiazole rings is 1. The first-order chi connectivity index (χ1) is 9.35. The SMILES string of the molecule is C[C@@H](OCC(F)(F)F)C(=O)Nc1nc2ccccc2s1. The van der Waals surface area contributed by atoms with E-state index in [4.69, 9.17) is 0 Å². The summed E-state index contributed by atoms with van der Waals surface area (Å²) in [4.78, 5) is 15.8. The average molecular weight is 304 g/mol. The zero-order valence-electron chi connectivity index (χ0n) is 10.4. The Balaban J connectivity index is 1.96. The van der Waals surface area contributed by atoms with Crippen LogP contribution in [0.2, 0.25) is 0 Å². The van der Waals surface area contributed by atoms with Gasteiger partial charge in [0.15, 0.2) is 5.13 Å². The minimum Gasteiger partial charge on any atom is -0.359 e. The molecule has 0 aliphatic rings. The zero-order chi connectivity index (χ0) is 14.8. The van der Waals surface area contributed by atoms with Crippen LogP contribution in [0.5, 0.6) is 0 Å². The highest BCUT2D eigenvalue weighted by Gasteiger charge is 2.30. The lowest BCUT2D eigenvalue weighted by molar-refractivity contribution is -0.184. The standard InChI is InChI=1S/C12H11F3N2O2S/c1-7(19-6-12(13,14)15)10(18)17-11-16-8-4-2-3-5-9(8)20-11/h2-5,7H,6H2,1H3,(H,16,17,18)/t7-/m1/s1. The number of hydrogen-bond donors (Lipinski definition) is 1. The van der Waals surface area contributed by atoms with Crippen LogP contribution >= 0.6 is 11.3 Å². The molecule has 4 nitrogen and oxygen atoms in total. The zero-order valence-corrected chi connectivity index (χ0v) is 11.2. The van der Waals surface area contributed by atoms with Gasteiger partial charge >= 0.3 is 6.18 Å². The van der Waals surface area contributed by atoms with Crippen LogP contribution in [-0.2, 0) is 9.53 Å². The Morgan fingerprint density at radius 3 is 2.80 bits per heavy atom. The maximum atomic E-state index is 12.0. The number of nitrogens with zero attached hydrogens (tertiary/aromatic N) is 1. The summed E-state index contributed by atoms with van der Waals surface area (Å²) in [5, 5.41) is 2.78. The highest BCUT2D eigenvalue weighted by atomic mass is 32.1. The van der Waals surface area contributed by atoms with Crippen molar-refractivity contribution in [3.05, 3.63) is 24.3 Å². The fraction of sp³-hybridized carbons (Fsp3) is 0.333. The van der Waals surface area contributed by atoms with E-state index < -0.39 is 24.8 Å². The summed E-state index contributed by atoms with van der Waals surface area (Å²) in [6.07, 6.45) is -5.66. The van der Waals surface area contributed by atoms with Crippen molar-refractivity contribution >= 4 is 32.6 Å². The maximum absolute atomic E-state index is 12.0. The fourth-order valence-corrected chi connectivity index (χ4v) is 2.30. The third-order valence-corrected chi connectivity index (χ3v) is 3.34. The molecule has 0 aliphatic heterocycles. The van der Waals surface area contributed by atoms with E-state index in [0.29, 0.717) is 5.13 Å². The smallest absolute Gasteiger partial charge is 0.359 e. The Kier molecular flexibility index (Phi) is 4.24. The van der Waals surface area contributed by atoms with Gasteiger partial charge < -0.3 is 4.74 Å². The Morgan fingerprint density at radius 2 is 2.15 bits per heavy atom. The van der Waals surface area contributed by atoms with Crippen molar-refractivity contribution in [2.24, 2.45) is 0 Å². The Labute approximate surface area is 116 Å². The summed E-state index contributed by atoms with van der Waals surface area (Å²) in [6.45, 7) is -0.199. The molecule has 1 N–H and O–H groups in total. The van der Waals surface area contributed by atoms with Crippen molar-refractivity contribution < 1.29 is 22.7 Å². The number of ether oxygens (including phenoxy) is 1. The molecule has 20 heavy (non-hydrogen) atoms. The largest absolute Gasteiger partial charge is 0.411 e. The summed E-state index contributed by atoms with van der Waals surface area (Å²) in [5.41, 5.74) is 0.719. The number of halogens is 3. The normalized spacial score (nSPS) is 13.4. The van der Waals surface area contributed by atoms with Gasteiger partial charge in [-0.1, -0.05) is 23.5 Å². The van der Waals surface area contributed by atoms with E-state index >= 15 is 0 Å². The van der Waals surface area contributed by atoms with E-state index in [2.05, 4.69) is 15.0 Å². The Hall–Kier alpha value is -1.67. The van der Waals surface area contributed by atoms with Crippen LogP contribution in [-0.4, -0.2) is 29.8 Å². The molecule has 2 aromatic rings. The number of rotatable bonds is 4. The summed E-state index contributed by atoms with van der Waals surface area (Å²) < 4.78 is 41.3. The molecule has 1 atom stereocenters. The lowest BCUT2D eigenvalue weighted by Crippen LogP contribution is -2.31. The monoisotopic (exact) mass is 304 g/mol. The predicted octanol–water partition coefficient (Wildman–Crippen LogP) is 3.20. The van der Waals surface area contributed by atoms with E-state index in [1.807, 2.05) is 18.2 Å². The lowest BCUT2D eigenvalue weighted by Gasteiger charge is -2.13. The molecule has 0 bridgehead atoms. The number of amides is 1. The van der Waals surface area contributed by atoms with Crippen LogP contribution < -0.4 is 5.32 Å². The first-order valence-corrected chi connectivity index (χ1v) is 6.51. The molecule has 108 valence electrons. The van der Waals surface area contributed by atoms with Gasteiger partial charge in [-0.15, -0.1) is 0 Å². The summed E-state index contributed by atoms with van der Waals surface area (Å²) in [7, 11) is 0. The molecule has 1 aromatic heterocycles. The molecule has 0 aliphatic carbocycles. The second-order valence-electron chi connectivity index (χ2n) is 4.04. The number of carbonyl (C=O) groups is 1. The van der Waals surface area contributed by atoms with Gasteiger partial charge in [-0.3, -0.25) is 10.1 Å². The summed E-state index contributed by atoms with van der Waals surface area (Å²) in [6, 6.07) is 7.27. The summed E-state index contributed by atoms with van der Waals surface area (Å²) in [5.74, 6) is -0.659. The van der Waals surface area contributed by atoms with Crippen molar-refractivity contribution in [1.82, 2.24) is 4.98 Å². The van der Waals surface area contributed by atoms with E-state index in [1.165, 1.54) is 18.3 Å². The summed E-state index contributed by atoms with van der Waals surface area (Å²) >= 11 is 1.25. The molecule has 0 radical (unpaired) electrons. The minimum atomic E-state index is -4.45. The second-order valence-corrected chi connectivity index (χ2v) is 5.08. The molecule has 0 unspecified atom stereocenters. The van der Waals surface area contributed by atoms with Crippen molar-refractivity contribution in [1.29, 1.82) is 0 Å². The maximum Gasteiger partial charge on any atom is 0.411 e. The Bertz CT molecular complexity index is 579. The molecule has 0 saturated carbocycles. The van der Waals surface area contributed by atoms with Gasteiger partial charge in [-0.2, -0.15) is 13.2 Å². The highest BCUT2D eigenvalue weighted by molar-refractivity contribution is 7.22. The van der Waals surface area contributed by atoms with Crippen LogP contribution in [0.15, 0.2) is 24.3 Å². The molecule has 8 heteroatoms. The predicted molar refractivity (Wildman–Crippen MR) is 69.7 cm³/mol. The van der Waals surface area contributed by atoms with Crippen molar-refractivity contribution in [2.75, 3.05) is 11.9 Å². The first-order valence-electron chi connectivity index (χ1n) is 5.70.